The molecule has 1 aliphatic rings. The van der Waals surface area contributed by atoms with E-state index in [1.165, 1.54) is 16.7 Å². The molecule has 2 N–H and O–H groups in total. The van der Waals surface area contributed by atoms with E-state index in [0.717, 1.165) is 43.5 Å². The summed E-state index contributed by atoms with van der Waals surface area (Å²) >= 11 is 0. The Bertz CT molecular complexity index is 805. The Morgan fingerprint density at radius 3 is 2.64 bits per heavy atom. The van der Waals surface area contributed by atoms with Crippen LogP contribution in [0, 0.1) is 0 Å². The number of nitrogens with zero attached hydrogens (tertiary/aromatic N) is 2. The van der Waals surface area contributed by atoms with Crippen molar-refractivity contribution >= 4 is 5.96 Å². The van der Waals surface area contributed by atoms with Gasteiger partial charge in [0.05, 0.1) is 6.54 Å². The number of benzene rings is 2. The molecule has 3 rings (SSSR count). The fraction of sp³-hybridized carbons (Fsp3) is 0.409. The van der Waals surface area contributed by atoms with Gasteiger partial charge in [0.2, 0.25) is 6.79 Å². The van der Waals surface area contributed by atoms with Crippen LogP contribution in [0.3, 0.4) is 0 Å². The highest BCUT2D eigenvalue weighted by molar-refractivity contribution is 5.79. The van der Waals surface area contributed by atoms with Gasteiger partial charge in [-0.05, 0) is 56.3 Å². The van der Waals surface area contributed by atoms with E-state index >= 15 is 0 Å². The largest absolute Gasteiger partial charge is 0.454 e. The van der Waals surface area contributed by atoms with Crippen LogP contribution < -0.4 is 20.1 Å². The van der Waals surface area contributed by atoms with Crippen molar-refractivity contribution in [1.82, 2.24) is 15.5 Å². The van der Waals surface area contributed by atoms with Crippen LogP contribution >= 0.6 is 0 Å². The summed E-state index contributed by atoms with van der Waals surface area (Å²) in [5.41, 5.74) is 3.73. The van der Waals surface area contributed by atoms with E-state index in [-0.39, 0.29) is 0 Å². The predicted molar refractivity (Wildman–Crippen MR) is 113 cm³/mol. The summed E-state index contributed by atoms with van der Waals surface area (Å²) in [7, 11) is 4.16. The summed E-state index contributed by atoms with van der Waals surface area (Å²) < 4.78 is 10.8. The molecule has 0 amide bonds. The van der Waals surface area contributed by atoms with Crippen molar-refractivity contribution in [2.45, 2.75) is 26.4 Å². The zero-order chi connectivity index (χ0) is 19.8. The van der Waals surface area contributed by atoms with Gasteiger partial charge in [0, 0.05) is 19.6 Å². The molecule has 0 atom stereocenters. The van der Waals surface area contributed by atoms with Crippen LogP contribution in [0.4, 0.5) is 0 Å². The Kier molecular flexibility index (Phi) is 7.14. The predicted octanol–water partition coefficient (Wildman–Crippen LogP) is 2.77. The fourth-order valence-electron chi connectivity index (χ4n) is 3.13. The second-order valence-electron chi connectivity index (χ2n) is 7.12. The van der Waals surface area contributed by atoms with E-state index < -0.39 is 0 Å². The molecule has 0 radical (unpaired) electrons. The molecule has 1 aliphatic heterocycles. The van der Waals surface area contributed by atoms with Crippen LogP contribution in [0.15, 0.2) is 47.5 Å². The zero-order valence-electron chi connectivity index (χ0n) is 17.0. The first-order valence-electron chi connectivity index (χ1n) is 9.77. The summed E-state index contributed by atoms with van der Waals surface area (Å²) in [5.74, 6) is 2.49. The molecule has 0 bridgehead atoms. The van der Waals surface area contributed by atoms with Gasteiger partial charge < -0.3 is 25.0 Å². The maximum atomic E-state index is 5.44. The molecule has 2 aromatic rings. The summed E-state index contributed by atoms with van der Waals surface area (Å²) in [6.45, 7) is 5.60. The van der Waals surface area contributed by atoms with Crippen molar-refractivity contribution in [1.29, 1.82) is 0 Å². The van der Waals surface area contributed by atoms with Crippen LogP contribution in [0.5, 0.6) is 11.5 Å². The quantitative estimate of drug-likeness (QED) is 0.543. The molecule has 0 aliphatic carbocycles. The Hall–Kier alpha value is -2.73. The number of rotatable bonds is 8. The van der Waals surface area contributed by atoms with Crippen LogP contribution in [-0.2, 0) is 19.5 Å². The lowest BCUT2D eigenvalue weighted by Gasteiger charge is -2.12. The third kappa shape index (κ3) is 5.89. The van der Waals surface area contributed by atoms with Crippen molar-refractivity contribution in [3.05, 3.63) is 59.2 Å². The minimum absolute atomic E-state index is 0.310. The zero-order valence-corrected chi connectivity index (χ0v) is 17.0. The average molecular weight is 383 g/mol. The highest BCUT2D eigenvalue weighted by atomic mass is 16.7. The van der Waals surface area contributed by atoms with E-state index in [2.05, 4.69) is 66.9 Å². The van der Waals surface area contributed by atoms with E-state index in [9.17, 15) is 0 Å². The lowest BCUT2D eigenvalue weighted by molar-refractivity contribution is 0.174. The molecule has 0 unspecified atom stereocenters. The smallest absolute Gasteiger partial charge is 0.231 e. The van der Waals surface area contributed by atoms with Crippen LogP contribution in [0.2, 0.25) is 0 Å². The molecule has 0 spiro atoms. The molecule has 0 saturated heterocycles. The molecule has 2 aromatic carbocycles. The molecule has 0 fully saturated rings. The molecule has 1 heterocycles. The topological polar surface area (TPSA) is 58.1 Å². The van der Waals surface area contributed by atoms with Gasteiger partial charge in [-0.25, -0.2) is 4.99 Å². The number of guanidine groups is 1. The van der Waals surface area contributed by atoms with Gasteiger partial charge in [-0.2, -0.15) is 0 Å². The van der Waals surface area contributed by atoms with Crippen molar-refractivity contribution < 1.29 is 9.47 Å². The molecule has 6 heteroatoms. The first-order valence-corrected chi connectivity index (χ1v) is 9.77. The maximum Gasteiger partial charge on any atom is 0.231 e. The number of nitrogens with one attached hydrogen (secondary N) is 2. The fourth-order valence-corrected chi connectivity index (χ4v) is 3.13. The van der Waals surface area contributed by atoms with E-state index in [1.807, 2.05) is 12.1 Å². The summed E-state index contributed by atoms with van der Waals surface area (Å²) in [6.07, 6.45) is 0.888. The van der Waals surface area contributed by atoms with E-state index in [4.69, 9.17) is 14.5 Å². The lowest BCUT2D eigenvalue weighted by Crippen LogP contribution is -2.38. The minimum atomic E-state index is 0.310. The minimum Gasteiger partial charge on any atom is -0.454 e. The second kappa shape index (κ2) is 9.99. The molecule has 150 valence electrons. The first-order chi connectivity index (χ1) is 13.6. The van der Waals surface area contributed by atoms with Gasteiger partial charge in [0.1, 0.15) is 0 Å². The van der Waals surface area contributed by atoms with Gasteiger partial charge in [0.15, 0.2) is 17.5 Å². The third-order valence-corrected chi connectivity index (χ3v) is 4.40. The van der Waals surface area contributed by atoms with Crippen molar-refractivity contribution in [3.8, 4) is 11.5 Å². The Labute approximate surface area is 167 Å². The number of fused-ring (bicyclic) bond motifs is 1. The molecule has 28 heavy (non-hydrogen) atoms. The lowest BCUT2D eigenvalue weighted by atomic mass is 10.1. The summed E-state index contributed by atoms with van der Waals surface area (Å²) in [4.78, 5) is 6.90. The second-order valence-corrected chi connectivity index (χ2v) is 7.12. The number of aliphatic imine (C=N–C) groups is 1. The molecule has 0 saturated carbocycles. The van der Waals surface area contributed by atoms with E-state index in [1.54, 1.807) is 0 Å². The van der Waals surface area contributed by atoms with Gasteiger partial charge >= 0.3 is 0 Å². The van der Waals surface area contributed by atoms with Gasteiger partial charge in [0.25, 0.3) is 0 Å². The molecular weight excluding hydrogens is 352 g/mol. The van der Waals surface area contributed by atoms with Crippen molar-refractivity contribution in [3.63, 3.8) is 0 Å². The molecule has 6 nitrogen and oxygen atoms in total. The first kappa shape index (κ1) is 20.0. The standard InChI is InChI=1S/C22H30N4O2/c1-4-23-22(25-14-18-6-5-7-19(12-18)15-26(2)3)24-11-10-17-8-9-20-21(13-17)28-16-27-20/h5-9,12-13H,4,10-11,14-16H2,1-3H3,(H2,23,24,25). The Balaban J connectivity index is 1.54. The Morgan fingerprint density at radius 1 is 1.00 bits per heavy atom. The highest BCUT2D eigenvalue weighted by Crippen LogP contribution is 2.32. The van der Waals surface area contributed by atoms with Crippen LogP contribution in [0.25, 0.3) is 0 Å². The molecular formula is C22H30N4O2. The SMILES string of the molecule is CCNC(=NCc1cccc(CN(C)C)c1)NCCc1ccc2c(c1)OCO2. The van der Waals surface area contributed by atoms with Gasteiger partial charge in [-0.15, -0.1) is 0 Å². The third-order valence-electron chi connectivity index (χ3n) is 4.40. The average Bonchev–Trinajstić information content (AvgIpc) is 3.14. The number of hydrogen-bond acceptors (Lipinski definition) is 4. The Morgan fingerprint density at radius 2 is 1.82 bits per heavy atom. The van der Waals surface area contributed by atoms with Crippen LogP contribution in [-0.4, -0.2) is 44.8 Å². The van der Waals surface area contributed by atoms with Crippen LogP contribution in [0.1, 0.15) is 23.6 Å². The van der Waals surface area contributed by atoms with E-state index in [0.29, 0.717) is 13.3 Å². The monoisotopic (exact) mass is 382 g/mol. The van der Waals surface area contributed by atoms with Gasteiger partial charge in [-0.3, -0.25) is 0 Å². The number of ether oxygens (including phenoxy) is 2. The van der Waals surface area contributed by atoms with Crippen molar-refractivity contribution in [2.24, 2.45) is 4.99 Å². The normalized spacial score (nSPS) is 13.1. The number of hydrogen-bond donors (Lipinski definition) is 2. The van der Waals surface area contributed by atoms with Gasteiger partial charge in [-0.1, -0.05) is 30.3 Å². The summed E-state index contributed by atoms with van der Waals surface area (Å²) in [6, 6.07) is 14.7. The summed E-state index contributed by atoms with van der Waals surface area (Å²) in [5, 5.41) is 6.73. The van der Waals surface area contributed by atoms with Crippen molar-refractivity contribution in [2.75, 3.05) is 34.0 Å². The highest BCUT2D eigenvalue weighted by Gasteiger charge is 2.12. The maximum absolute atomic E-state index is 5.44. The molecule has 0 aromatic heterocycles.